The number of para-hydroxylation sites is 1. The van der Waals surface area contributed by atoms with Crippen LogP contribution in [0.4, 0.5) is 5.69 Å². The van der Waals surface area contributed by atoms with Gasteiger partial charge in [-0.05, 0) is 54.8 Å². The Kier molecular flexibility index (Phi) is 5.24. The number of thiophene rings is 1. The largest absolute Gasteiger partial charge is 0.372 e. The first-order valence-electron chi connectivity index (χ1n) is 10.2. The molecule has 1 atom stereocenters. The molecule has 150 valence electrons. The summed E-state index contributed by atoms with van der Waals surface area (Å²) < 4.78 is 0. The second-order valence-corrected chi connectivity index (χ2v) is 9.63. The number of nitrogens with one attached hydrogen (secondary N) is 2. The van der Waals surface area contributed by atoms with E-state index in [1.54, 1.807) is 11.3 Å². The maximum atomic E-state index is 13.1. The fourth-order valence-electron chi connectivity index (χ4n) is 4.37. The van der Waals surface area contributed by atoms with Crippen molar-refractivity contribution in [2.45, 2.75) is 37.5 Å². The predicted octanol–water partition coefficient (Wildman–Crippen LogP) is 5.81. The molecular weight excluding hydrogens is 410 g/mol. The number of dihydropyridines is 1. The average molecular weight is 432 g/mol. The Bertz CT molecular complexity index is 1120. The first kappa shape index (κ1) is 19.2. The lowest BCUT2D eigenvalue weighted by Gasteiger charge is -2.29. The van der Waals surface area contributed by atoms with E-state index in [1.807, 2.05) is 30.3 Å². The highest BCUT2D eigenvalue weighted by atomic mass is 32.2. The van der Waals surface area contributed by atoms with Crippen LogP contribution in [-0.4, -0.2) is 11.3 Å². The highest BCUT2D eigenvalue weighted by Crippen LogP contribution is 2.51. The summed E-state index contributed by atoms with van der Waals surface area (Å²) in [4.78, 5) is 14.8. The molecule has 1 aromatic carbocycles. The maximum Gasteiger partial charge on any atom is 0.263 e. The van der Waals surface area contributed by atoms with Crippen LogP contribution in [0, 0.1) is 11.3 Å². The van der Waals surface area contributed by atoms with Crippen molar-refractivity contribution in [3.05, 3.63) is 80.0 Å². The van der Waals surface area contributed by atoms with Crippen LogP contribution in [0.1, 0.15) is 37.0 Å². The molecule has 0 spiro atoms. The van der Waals surface area contributed by atoms with E-state index >= 15 is 0 Å². The highest BCUT2D eigenvalue weighted by Gasteiger charge is 2.41. The molecule has 3 heterocycles. The highest BCUT2D eigenvalue weighted by molar-refractivity contribution is 8.05. The van der Waals surface area contributed by atoms with Gasteiger partial charge >= 0.3 is 0 Å². The van der Waals surface area contributed by atoms with Crippen molar-refractivity contribution < 1.29 is 4.79 Å². The van der Waals surface area contributed by atoms with Crippen LogP contribution in [0.2, 0.25) is 0 Å². The second-order valence-electron chi connectivity index (χ2n) is 7.56. The normalized spacial score (nSPS) is 20.8. The monoisotopic (exact) mass is 431 g/mol. The standard InChI is InChI=1S/C24H21N3OS2/c25-14-17-21-20(19-12-7-13-29-19)16-10-5-2-6-11-18(16)27-24(21)30-22(17)23(28)26-15-8-3-1-4-9-15/h1,3-4,7-9,12-13,24,27H,2,5-6,10-11H2,(H,26,28). The van der Waals surface area contributed by atoms with Gasteiger partial charge in [0.25, 0.3) is 5.91 Å². The first-order valence-corrected chi connectivity index (χ1v) is 12.0. The molecule has 6 heteroatoms. The smallest absolute Gasteiger partial charge is 0.263 e. The molecule has 2 aromatic rings. The van der Waals surface area contributed by atoms with Crippen LogP contribution >= 0.6 is 23.1 Å². The Morgan fingerprint density at radius 1 is 1.10 bits per heavy atom. The van der Waals surface area contributed by atoms with Crippen LogP contribution in [0.5, 0.6) is 0 Å². The molecule has 5 rings (SSSR count). The van der Waals surface area contributed by atoms with E-state index in [1.165, 1.54) is 46.3 Å². The minimum absolute atomic E-state index is 0.0925. The summed E-state index contributed by atoms with van der Waals surface area (Å²) in [5.41, 5.74) is 6.02. The van der Waals surface area contributed by atoms with Crippen LogP contribution in [-0.2, 0) is 4.79 Å². The van der Waals surface area contributed by atoms with E-state index in [0.717, 1.165) is 30.5 Å². The third-order valence-electron chi connectivity index (χ3n) is 5.71. The van der Waals surface area contributed by atoms with Crippen molar-refractivity contribution in [2.24, 2.45) is 0 Å². The number of amides is 1. The van der Waals surface area contributed by atoms with Crippen LogP contribution in [0.25, 0.3) is 5.57 Å². The number of hydrogen-bond acceptors (Lipinski definition) is 5. The Balaban J connectivity index is 1.62. The predicted molar refractivity (Wildman–Crippen MR) is 124 cm³/mol. The van der Waals surface area contributed by atoms with Crippen LogP contribution in [0.15, 0.2) is 75.2 Å². The van der Waals surface area contributed by atoms with E-state index in [2.05, 4.69) is 34.2 Å². The van der Waals surface area contributed by atoms with Gasteiger partial charge in [0.2, 0.25) is 0 Å². The van der Waals surface area contributed by atoms with Crippen molar-refractivity contribution in [3.8, 4) is 6.07 Å². The van der Waals surface area contributed by atoms with Crippen LogP contribution in [0.3, 0.4) is 0 Å². The molecule has 0 radical (unpaired) electrons. The Morgan fingerprint density at radius 3 is 2.70 bits per heavy atom. The lowest BCUT2D eigenvalue weighted by Crippen LogP contribution is -2.31. The molecule has 1 aromatic heterocycles. The van der Waals surface area contributed by atoms with Crippen LogP contribution < -0.4 is 10.6 Å². The molecule has 3 aliphatic rings. The van der Waals surface area contributed by atoms with Gasteiger partial charge in [-0.2, -0.15) is 5.26 Å². The van der Waals surface area contributed by atoms with Gasteiger partial charge in [-0.25, -0.2) is 0 Å². The Labute approximate surface area is 184 Å². The molecule has 1 amide bonds. The minimum Gasteiger partial charge on any atom is -0.372 e. The number of benzene rings is 1. The summed E-state index contributed by atoms with van der Waals surface area (Å²) in [5, 5.41) is 18.7. The number of allylic oxidation sites excluding steroid dienone is 3. The van der Waals surface area contributed by atoms with E-state index in [4.69, 9.17) is 0 Å². The number of thioether (sulfide) groups is 1. The number of nitrogens with zero attached hydrogens (tertiary/aromatic N) is 1. The van der Waals surface area contributed by atoms with Gasteiger partial charge < -0.3 is 10.6 Å². The van der Waals surface area contributed by atoms with Gasteiger partial charge in [-0.1, -0.05) is 42.4 Å². The third kappa shape index (κ3) is 3.38. The number of carbonyl (C=O) groups is 1. The maximum absolute atomic E-state index is 13.1. The summed E-state index contributed by atoms with van der Waals surface area (Å²) in [6.07, 6.45) is 5.61. The fourth-order valence-corrected chi connectivity index (χ4v) is 6.41. The summed E-state index contributed by atoms with van der Waals surface area (Å²) in [6.45, 7) is 0. The molecule has 4 nitrogen and oxygen atoms in total. The van der Waals surface area contributed by atoms with Crippen molar-refractivity contribution in [1.29, 1.82) is 5.26 Å². The van der Waals surface area contributed by atoms with Gasteiger partial charge in [0.1, 0.15) is 11.4 Å². The molecule has 30 heavy (non-hydrogen) atoms. The summed E-state index contributed by atoms with van der Waals surface area (Å²) in [6, 6.07) is 16.0. The van der Waals surface area contributed by atoms with Crippen molar-refractivity contribution in [1.82, 2.24) is 5.32 Å². The number of anilines is 1. The van der Waals surface area contributed by atoms with Gasteiger partial charge in [0.05, 0.1) is 10.5 Å². The summed E-state index contributed by atoms with van der Waals surface area (Å²) in [5.74, 6) is -0.216. The number of hydrogen-bond donors (Lipinski definition) is 2. The molecule has 2 aliphatic heterocycles. The van der Waals surface area contributed by atoms with E-state index in [0.29, 0.717) is 10.5 Å². The van der Waals surface area contributed by atoms with Gasteiger partial charge in [0.15, 0.2) is 0 Å². The number of carbonyl (C=O) groups excluding carboxylic acids is 1. The Hall–Kier alpha value is -2.75. The van der Waals surface area contributed by atoms with E-state index in [9.17, 15) is 10.1 Å². The van der Waals surface area contributed by atoms with Gasteiger partial charge in [0, 0.05) is 27.4 Å². The lowest BCUT2D eigenvalue weighted by molar-refractivity contribution is -0.112. The topological polar surface area (TPSA) is 64.9 Å². The molecule has 0 saturated heterocycles. The fraction of sp³-hybridized carbons (Fsp3) is 0.250. The van der Waals surface area contributed by atoms with Crippen molar-refractivity contribution in [3.63, 3.8) is 0 Å². The zero-order valence-electron chi connectivity index (χ0n) is 16.4. The average Bonchev–Trinajstić information content (AvgIpc) is 3.35. The quantitative estimate of drug-likeness (QED) is 0.643. The van der Waals surface area contributed by atoms with Crippen molar-refractivity contribution >= 4 is 40.3 Å². The van der Waals surface area contributed by atoms with E-state index in [-0.39, 0.29) is 11.3 Å². The lowest BCUT2D eigenvalue weighted by atomic mass is 9.87. The van der Waals surface area contributed by atoms with Gasteiger partial charge in [-0.3, -0.25) is 4.79 Å². The minimum atomic E-state index is -0.216. The first-order chi connectivity index (χ1) is 14.8. The number of nitriles is 1. The zero-order valence-corrected chi connectivity index (χ0v) is 18.0. The molecular formula is C24H21N3OS2. The number of fused-ring (bicyclic) bond motifs is 1. The molecule has 2 N–H and O–H groups in total. The Morgan fingerprint density at radius 2 is 1.93 bits per heavy atom. The third-order valence-corrected chi connectivity index (χ3v) is 7.81. The molecule has 1 unspecified atom stereocenters. The molecule has 0 bridgehead atoms. The van der Waals surface area contributed by atoms with E-state index < -0.39 is 0 Å². The summed E-state index contributed by atoms with van der Waals surface area (Å²) >= 11 is 3.17. The zero-order chi connectivity index (χ0) is 20.5. The number of rotatable bonds is 3. The SMILES string of the molecule is N#CC1=C(C(=O)Nc2ccccc2)SC2NC3=C(CCCCC3)C(c3cccs3)=C12. The van der Waals surface area contributed by atoms with Gasteiger partial charge in [-0.15, -0.1) is 11.3 Å². The molecule has 0 fully saturated rings. The molecule has 0 saturated carbocycles. The van der Waals surface area contributed by atoms with Crippen molar-refractivity contribution in [2.75, 3.05) is 5.32 Å². The molecule has 1 aliphatic carbocycles. The second kappa shape index (κ2) is 8.17. The summed E-state index contributed by atoms with van der Waals surface area (Å²) in [7, 11) is 0.